The molecule has 2 aliphatic rings. The van der Waals surface area contributed by atoms with Gasteiger partial charge in [-0.15, -0.1) is 0 Å². The van der Waals surface area contributed by atoms with Gasteiger partial charge in [0, 0.05) is 36.8 Å². The van der Waals surface area contributed by atoms with Gasteiger partial charge >= 0.3 is 5.97 Å². The van der Waals surface area contributed by atoms with Crippen molar-refractivity contribution < 1.29 is 14.3 Å². The molecule has 2 atom stereocenters. The van der Waals surface area contributed by atoms with Crippen LogP contribution in [0, 0.1) is 11.2 Å². The molecule has 138 valence electrons. The van der Waals surface area contributed by atoms with Crippen molar-refractivity contribution in [2.24, 2.45) is 5.41 Å². The van der Waals surface area contributed by atoms with Gasteiger partial charge in [0.1, 0.15) is 5.82 Å². The van der Waals surface area contributed by atoms with Gasteiger partial charge in [0.15, 0.2) is 0 Å². The lowest BCUT2D eigenvalue weighted by atomic mass is 9.70. The van der Waals surface area contributed by atoms with E-state index in [0.29, 0.717) is 19.5 Å². The second-order valence-corrected chi connectivity index (χ2v) is 7.35. The van der Waals surface area contributed by atoms with Crippen LogP contribution in [0.4, 0.5) is 4.39 Å². The first kappa shape index (κ1) is 17.2. The van der Waals surface area contributed by atoms with Gasteiger partial charge in [0.05, 0.1) is 17.3 Å². The number of hydrogen-bond acceptors (Lipinski definition) is 4. The smallest absolute Gasteiger partial charge is 0.312 e. The average molecular weight is 358 g/mol. The van der Waals surface area contributed by atoms with E-state index in [2.05, 4.69) is 20.4 Å². The fraction of sp³-hybridized carbons (Fsp3) is 0.474. The highest BCUT2D eigenvalue weighted by Gasteiger charge is 2.50. The fourth-order valence-electron chi connectivity index (χ4n) is 4.40. The van der Waals surface area contributed by atoms with Crippen LogP contribution in [0.5, 0.6) is 0 Å². The van der Waals surface area contributed by atoms with Crippen LogP contribution < -0.4 is 5.32 Å². The Morgan fingerprint density at radius 1 is 1.38 bits per heavy atom. The summed E-state index contributed by atoms with van der Waals surface area (Å²) in [6.07, 6.45) is 4.21. The van der Waals surface area contributed by atoms with Gasteiger partial charge in [-0.2, -0.15) is 5.10 Å². The van der Waals surface area contributed by atoms with Crippen molar-refractivity contribution >= 4 is 5.97 Å². The molecule has 26 heavy (non-hydrogen) atoms. The van der Waals surface area contributed by atoms with E-state index in [1.165, 1.54) is 12.1 Å². The molecule has 1 aromatic heterocycles. The van der Waals surface area contributed by atoms with Gasteiger partial charge in [0.2, 0.25) is 0 Å². The Kier molecular flexibility index (Phi) is 4.50. The number of aromatic nitrogens is 2. The van der Waals surface area contributed by atoms with Crippen molar-refractivity contribution in [2.75, 3.05) is 19.6 Å². The van der Waals surface area contributed by atoms with Crippen molar-refractivity contribution in [1.29, 1.82) is 0 Å². The normalized spacial score (nSPS) is 26.4. The molecule has 2 aliphatic heterocycles. The van der Waals surface area contributed by atoms with E-state index in [0.717, 1.165) is 42.8 Å². The van der Waals surface area contributed by atoms with Crippen molar-refractivity contribution in [3.63, 3.8) is 0 Å². The minimum Gasteiger partial charge on any atom is -0.481 e. The predicted molar refractivity (Wildman–Crippen MR) is 95.0 cm³/mol. The highest BCUT2D eigenvalue weighted by Crippen LogP contribution is 2.38. The summed E-state index contributed by atoms with van der Waals surface area (Å²) in [5, 5.41) is 20.4. The lowest BCUT2D eigenvalue weighted by Gasteiger charge is -2.48. The molecule has 2 aromatic rings. The molecule has 4 rings (SSSR count). The fourth-order valence-corrected chi connectivity index (χ4v) is 4.40. The summed E-state index contributed by atoms with van der Waals surface area (Å²) in [6, 6.07) is 6.35. The Labute approximate surface area is 151 Å². The van der Waals surface area contributed by atoms with Crippen LogP contribution in [0.2, 0.25) is 0 Å². The highest BCUT2D eigenvalue weighted by molar-refractivity contribution is 5.76. The summed E-state index contributed by atoms with van der Waals surface area (Å²) in [5.41, 5.74) is 2.02. The number of nitrogens with zero attached hydrogens (tertiary/aromatic N) is 2. The van der Waals surface area contributed by atoms with E-state index in [9.17, 15) is 14.3 Å². The maximum absolute atomic E-state index is 13.2. The Hall–Kier alpha value is -2.25. The van der Waals surface area contributed by atoms with E-state index < -0.39 is 11.4 Å². The number of nitrogens with one attached hydrogen (secondary N) is 2. The molecule has 0 saturated carbocycles. The molecule has 0 aliphatic carbocycles. The summed E-state index contributed by atoms with van der Waals surface area (Å²) < 4.78 is 13.2. The molecular formula is C19H23FN4O2. The Morgan fingerprint density at radius 2 is 2.19 bits per heavy atom. The molecule has 6 nitrogen and oxygen atoms in total. The molecule has 3 heterocycles. The first-order valence-electron chi connectivity index (χ1n) is 9.06. The first-order valence-corrected chi connectivity index (χ1v) is 9.06. The lowest BCUT2D eigenvalue weighted by molar-refractivity contribution is -0.157. The minimum atomic E-state index is -0.712. The molecule has 0 radical (unpaired) electrons. The third-order valence-corrected chi connectivity index (χ3v) is 5.77. The van der Waals surface area contributed by atoms with Crippen molar-refractivity contribution in [2.45, 2.75) is 31.8 Å². The number of carbonyl (C=O) groups is 1. The quantitative estimate of drug-likeness (QED) is 0.781. The van der Waals surface area contributed by atoms with Crippen molar-refractivity contribution in [1.82, 2.24) is 20.4 Å². The topological polar surface area (TPSA) is 81.2 Å². The number of fused-ring (bicyclic) bond motifs is 1. The van der Waals surface area contributed by atoms with Crippen LogP contribution in [-0.4, -0.2) is 51.8 Å². The summed E-state index contributed by atoms with van der Waals surface area (Å²) in [7, 11) is 0. The number of halogens is 1. The van der Waals surface area contributed by atoms with Crippen LogP contribution in [0.3, 0.4) is 0 Å². The molecule has 0 unspecified atom stereocenters. The van der Waals surface area contributed by atoms with Gasteiger partial charge in [-0.1, -0.05) is 0 Å². The Balaban J connectivity index is 1.54. The van der Waals surface area contributed by atoms with Gasteiger partial charge in [-0.3, -0.25) is 14.8 Å². The second kappa shape index (κ2) is 6.81. The standard InChI is InChI=1S/C19H23FN4O2/c20-15-4-2-13(3-5-15)17-14(10-22-23-17)11-24-9-6-16-19(12-24,18(25)26)7-1-8-21-16/h2-5,10,16,21H,1,6-9,11-12H2,(H,22,23)(H,25,26)/t16-,19+/m1/s1. The number of carboxylic acids is 1. The molecule has 2 saturated heterocycles. The van der Waals surface area contributed by atoms with E-state index in [1.807, 2.05) is 0 Å². The van der Waals surface area contributed by atoms with Crippen molar-refractivity contribution in [3.05, 3.63) is 41.8 Å². The highest BCUT2D eigenvalue weighted by atomic mass is 19.1. The van der Waals surface area contributed by atoms with Gasteiger partial charge in [-0.25, -0.2) is 4.39 Å². The summed E-state index contributed by atoms with van der Waals surface area (Å²) in [5.74, 6) is -0.976. The number of benzene rings is 1. The maximum Gasteiger partial charge on any atom is 0.312 e. The van der Waals surface area contributed by atoms with Gasteiger partial charge in [0.25, 0.3) is 0 Å². The Bertz CT molecular complexity index is 791. The Morgan fingerprint density at radius 3 is 2.96 bits per heavy atom. The van der Waals surface area contributed by atoms with Gasteiger partial charge < -0.3 is 10.4 Å². The number of aromatic amines is 1. The largest absolute Gasteiger partial charge is 0.481 e. The first-order chi connectivity index (χ1) is 12.6. The molecule has 1 aromatic carbocycles. The van der Waals surface area contributed by atoms with Crippen LogP contribution in [0.25, 0.3) is 11.3 Å². The molecular weight excluding hydrogens is 335 g/mol. The van der Waals surface area contributed by atoms with Gasteiger partial charge in [-0.05, 0) is 50.1 Å². The number of H-pyrrole nitrogens is 1. The zero-order valence-electron chi connectivity index (χ0n) is 14.5. The van der Waals surface area contributed by atoms with E-state index in [4.69, 9.17) is 0 Å². The summed E-state index contributed by atoms with van der Waals surface area (Å²) in [4.78, 5) is 14.3. The number of aliphatic carboxylic acids is 1. The summed E-state index contributed by atoms with van der Waals surface area (Å²) >= 11 is 0. The lowest BCUT2D eigenvalue weighted by Crippen LogP contribution is -2.62. The molecule has 0 spiro atoms. The van der Waals surface area contributed by atoms with E-state index >= 15 is 0 Å². The van der Waals surface area contributed by atoms with Crippen molar-refractivity contribution in [3.8, 4) is 11.3 Å². The zero-order valence-corrected chi connectivity index (χ0v) is 14.5. The van der Waals surface area contributed by atoms with Crippen LogP contribution in [-0.2, 0) is 11.3 Å². The molecule has 2 fully saturated rings. The number of likely N-dealkylation sites (tertiary alicyclic amines) is 1. The predicted octanol–water partition coefficient (Wildman–Crippen LogP) is 2.24. The number of hydrogen-bond donors (Lipinski definition) is 3. The number of carboxylic acid groups (broad SMARTS) is 1. The zero-order chi connectivity index (χ0) is 18.1. The van der Waals surface area contributed by atoms with E-state index in [-0.39, 0.29) is 11.9 Å². The third kappa shape index (κ3) is 3.01. The molecule has 3 N–H and O–H groups in total. The molecule has 0 bridgehead atoms. The third-order valence-electron chi connectivity index (χ3n) is 5.77. The minimum absolute atomic E-state index is 0.0471. The number of rotatable bonds is 4. The SMILES string of the molecule is O=C(O)[C@]12CCCN[C@@H]1CCN(Cc1cn[nH]c1-c1ccc(F)cc1)C2. The summed E-state index contributed by atoms with van der Waals surface area (Å²) in [6.45, 7) is 2.91. The van der Waals surface area contributed by atoms with E-state index in [1.54, 1.807) is 18.3 Å². The second-order valence-electron chi connectivity index (χ2n) is 7.35. The monoisotopic (exact) mass is 358 g/mol. The van der Waals surface area contributed by atoms with Crippen LogP contribution in [0.1, 0.15) is 24.8 Å². The molecule has 0 amide bonds. The number of piperidine rings is 2. The maximum atomic E-state index is 13.2. The molecule has 7 heteroatoms. The average Bonchev–Trinajstić information content (AvgIpc) is 3.10. The van der Waals surface area contributed by atoms with Crippen LogP contribution >= 0.6 is 0 Å². The van der Waals surface area contributed by atoms with Crippen LogP contribution in [0.15, 0.2) is 30.5 Å².